The number of carbonyl (C=O) groups is 1. The molecule has 7 heteroatoms. The summed E-state index contributed by atoms with van der Waals surface area (Å²) in [7, 11) is 0. The molecule has 1 unspecified atom stereocenters. The lowest BCUT2D eigenvalue weighted by atomic mass is 10.1. The highest BCUT2D eigenvalue weighted by Gasteiger charge is 2.17. The summed E-state index contributed by atoms with van der Waals surface area (Å²) in [6, 6.07) is 10.2. The molecule has 136 valence electrons. The van der Waals surface area contributed by atoms with Crippen molar-refractivity contribution in [3.63, 3.8) is 0 Å². The van der Waals surface area contributed by atoms with Gasteiger partial charge in [-0.25, -0.2) is 4.68 Å². The Morgan fingerprint density at radius 2 is 2.20 bits per heavy atom. The lowest BCUT2D eigenvalue weighted by Crippen LogP contribution is -2.44. The van der Waals surface area contributed by atoms with Gasteiger partial charge in [0.25, 0.3) is 0 Å². The molecule has 1 atom stereocenters. The number of benzene rings is 1. The van der Waals surface area contributed by atoms with Crippen molar-refractivity contribution in [3.05, 3.63) is 47.3 Å². The highest BCUT2D eigenvalue weighted by molar-refractivity contribution is 5.85. The number of morpholine rings is 1. The maximum absolute atomic E-state index is 12.2. The van der Waals surface area contributed by atoms with E-state index < -0.39 is 0 Å². The largest absolute Gasteiger partial charge is 0.378 e. The number of ether oxygens (including phenoxy) is 1. The van der Waals surface area contributed by atoms with Gasteiger partial charge in [0.2, 0.25) is 5.91 Å². The van der Waals surface area contributed by atoms with Crippen LogP contribution in [0.25, 0.3) is 5.69 Å². The maximum atomic E-state index is 12.2. The van der Waals surface area contributed by atoms with Gasteiger partial charge >= 0.3 is 0 Å². The van der Waals surface area contributed by atoms with Crippen molar-refractivity contribution < 1.29 is 9.53 Å². The Morgan fingerprint density at radius 1 is 1.40 bits per heavy atom. The average Bonchev–Trinajstić information content (AvgIpc) is 2.92. The summed E-state index contributed by atoms with van der Waals surface area (Å²) >= 11 is 0. The first kappa shape index (κ1) is 19.4. The Bertz CT molecular complexity index is 711. The van der Waals surface area contributed by atoms with Gasteiger partial charge in [-0.2, -0.15) is 5.10 Å². The number of rotatable bonds is 5. The Kier molecular flexibility index (Phi) is 6.99. The van der Waals surface area contributed by atoms with Crippen LogP contribution in [0.4, 0.5) is 0 Å². The summed E-state index contributed by atoms with van der Waals surface area (Å²) < 4.78 is 7.31. The summed E-state index contributed by atoms with van der Waals surface area (Å²) in [5, 5.41) is 10.8. The number of amides is 1. The van der Waals surface area contributed by atoms with Gasteiger partial charge in [-0.15, -0.1) is 12.4 Å². The highest BCUT2D eigenvalue weighted by atomic mass is 35.5. The number of para-hydroxylation sites is 1. The van der Waals surface area contributed by atoms with Crippen LogP contribution in [0.15, 0.2) is 30.3 Å². The number of hydrogen-bond donors (Lipinski definition) is 2. The van der Waals surface area contributed by atoms with Crippen molar-refractivity contribution in [1.29, 1.82) is 0 Å². The van der Waals surface area contributed by atoms with Gasteiger partial charge in [-0.3, -0.25) is 4.79 Å². The SMILES string of the molecule is Cc1cc(C)n(-c2ccccc2CNC(=O)CC2COCCN2)n1.Cl. The van der Waals surface area contributed by atoms with Gasteiger partial charge in [-0.05, 0) is 31.5 Å². The molecule has 1 aliphatic rings. The standard InChI is InChI=1S/C18H24N4O2.ClH/c1-13-9-14(2)22(21-13)17-6-4-3-5-15(17)11-20-18(23)10-16-12-24-8-7-19-16;/h3-6,9,16,19H,7-8,10-12H2,1-2H3,(H,20,23);1H. The summed E-state index contributed by atoms with van der Waals surface area (Å²) in [6.07, 6.45) is 0.433. The van der Waals surface area contributed by atoms with E-state index in [4.69, 9.17) is 4.74 Å². The molecule has 1 amide bonds. The molecule has 0 saturated carbocycles. The van der Waals surface area contributed by atoms with E-state index >= 15 is 0 Å². The third kappa shape index (κ3) is 5.04. The third-order valence-corrected chi connectivity index (χ3v) is 4.14. The number of nitrogens with zero attached hydrogens (tertiary/aromatic N) is 2. The average molecular weight is 365 g/mol. The van der Waals surface area contributed by atoms with E-state index in [0.717, 1.165) is 29.2 Å². The maximum Gasteiger partial charge on any atom is 0.221 e. The minimum Gasteiger partial charge on any atom is -0.378 e. The Labute approximate surface area is 154 Å². The fourth-order valence-corrected chi connectivity index (χ4v) is 2.98. The zero-order chi connectivity index (χ0) is 16.9. The molecule has 25 heavy (non-hydrogen) atoms. The van der Waals surface area contributed by atoms with E-state index in [2.05, 4.69) is 15.7 Å². The fraction of sp³-hybridized carbons (Fsp3) is 0.444. The monoisotopic (exact) mass is 364 g/mol. The Hall–Kier alpha value is -1.89. The number of aromatic nitrogens is 2. The number of aryl methyl sites for hydroxylation is 2. The van der Waals surface area contributed by atoms with Gasteiger partial charge in [0.15, 0.2) is 0 Å². The molecule has 1 saturated heterocycles. The zero-order valence-corrected chi connectivity index (χ0v) is 15.4. The molecule has 0 spiro atoms. The zero-order valence-electron chi connectivity index (χ0n) is 14.6. The quantitative estimate of drug-likeness (QED) is 0.850. The first-order valence-electron chi connectivity index (χ1n) is 8.33. The lowest BCUT2D eigenvalue weighted by molar-refractivity contribution is -0.122. The summed E-state index contributed by atoms with van der Waals surface area (Å²) in [6.45, 7) is 6.61. The molecule has 0 aliphatic carbocycles. The molecule has 1 fully saturated rings. The topological polar surface area (TPSA) is 68.2 Å². The molecule has 1 aliphatic heterocycles. The molecule has 1 aromatic carbocycles. The van der Waals surface area contributed by atoms with E-state index in [1.165, 1.54) is 0 Å². The van der Waals surface area contributed by atoms with Gasteiger partial charge in [0, 0.05) is 31.2 Å². The van der Waals surface area contributed by atoms with Crippen LogP contribution < -0.4 is 10.6 Å². The first-order valence-corrected chi connectivity index (χ1v) is 8.33. The molecule has 0 radical (unpaired) electrons. The van der Waals surface area contributed by atoms with Crippen LogP contribution in [0.3, 0.4) is 0 Å². The molecular weight excluding hydrogens is 340 g/mol. The van der Waals surface area contributed by atoms with E-state index in [1.54, 1.807) is 0 Å². The minimum atomic E-state index is 0. The fourth-order valence-electron chi connectivity index (χ4n) is 2.98. The van der Waals surface area contributed by atoms with Crippen molar-refractivity contribution in [3.8, 4) is 5.69 Å². The molecule has 2 N–H and O–H groups in total. The van der Waals surface area contributed by atoms with E-state index in [9.17, 15) is 4.79 Å². The first-order chi connectivity index (χ1) is 11.6. The second-order valence-electron chi connectivity index (χ2n) is 6.17. The van der Waals surface area contributed by atoms with Crippen LogP contribution in [0.5, 0.6) is 0 Å². The summed E-state index contributed by atoms with van der Waals surface area (Å²) in [5.41, 5.74) is 4.11. The number of hydrogen-bond acceptors (Lipinski definition) is 4. The van der Waals surface area contributed by atoms with Crippen LogP contribution >= 0.6 is 12.4 Å². The Morgan fingerprint density at radius 3 is 2.88 bits per heavy atom. The van der Waals surface area contributed by atoms with Crippen molar-refractivity contribution in [2.75, 3.05) is 19.8 Å². The second kappa shape index (κ2) is 8.99. The smallest absolute Gasteiger partial charge is 0.221 e. The van der Waals surface area contributed by atoms with Gasteiger partial charge in [0.05, 0.1) is 24.6 Å². The van der Waals surface area contributed by atoms with Crippen LogP contribution in [-0.4, -0.2) is 41.5 Å². The highest BCUT2D eigenvalue weighted by Crippen LogP contribution is 2.17. The minimum absolute atomic E-state index is 0. The van der Waals surface area contributed by atoms with Gasteiger partial charge < -0.3 is 15.4 Å². The Balaban J connectivity index is 0.00000225. The molecule has 0 bridgehead atoms. The molecule has 3 rings (SSSR count). The molecule has 2 aromatic rings. The van der Waals surface area contributed by atoms with Crippen molar-refractivity contribution in [1.82, 2.24) is 20.4 Å². The normalized spacial score (nSPS) is 17.0. The van der Waals surface area contributed by atoms with E-state index in [0.29, 0.717) is 26.2 Å². The lowest BCUT2D eigenvalue weighted by Gasteiger charge is -2.23. The van der Waals surface area contributed by atoms with Crippen molar-refractivity contribution >= 4 is 18.3 Å². The number of nitrogens with one attached hydrogen (secondary N) is 2. The second-order valence-corrected chi connectivity index (χ2v) is 6.17. The van der Waals surface area contributed by atoms with Gasteiger partial charge in [0.1, 0.15) is 0 Å². The van der Waals surface area contributed by atoms with Crippen molar-refractivity contribution in [2.24, 2.45) is 0 Å². The predicted octanol–water partition coefficient (Wildman–Crippen LogP) is 1.91. The van der Waals surface area contributed by atoms with Gasteiger partial charge in [-0.1, -0.05) is 18.2 Å². The van der Waals surface area contributed by atoms with Crippen LogP contribution in [0.1, 0.15) is 23.4 Å². The van der Waals surface area contributed by atoms with Crippen LogP contribution in [0, 0.1) is 13.8 Å². The van der Waals surface area contributed by atoms with Crippen LogP contribution in [0.2, 0.25) is 0 Å². The molecular formula is C18H25ClN4O2. The molecule has 6 nitrogen and oxygen atoms in total. The number of halogens is 1. The number of carbonyl (C=O) groups excluding carboxylic acids is 1. The summed E-state index contributed by atoms with van der Waals surface area (Å²) in [5.74, 6) is 0.0289. The van der Waals surface area contributed by atoms with E-state index in [-0.39, 0.29) is 24.4 Å². The van der Waals surface area contributed by atoms with Crippen molar-refractivity contribution in [2.45, 2.75) is 32.9 Å². The summed E-state index contributed by atoms with van der Waals surface area (Å²) in [4.78, 5) is 12.2. The predicted molar refractivity (Wildman–Crippen MR) is 99.4 cm³/mol. The van der Waals surface area contributed by atoms with E-state index in [1.807, 2.05) is 48.9 Å². The van der Waals surface area contributed by atoms with Crippen LogP contribution in [-0.2, 0) is 16.1 Å². The third-order valence-electron chi connectivity index (χ3n) is 4.14. The molecule has 1 aromatic heterocycles. The molecule has 2 heterocycles.